The van der Waals surface area contributed by atoms with Crippen LogP contribution in [-0.2, 0) is 6.54 Å². The predicted octanol–water partition coefficient (Wildman–Crippen LogP) is 2.67. The van der Waals surface area contributed by atoms with Crippen LogP contribution >= 0.6 is 27.5 Å². The first-order valence-corrected chi connectivity index (χ1v) is 5.00. The van der Waals surface area contributed by atoms with Gasteiger partial charge in [-0.1, -0.05) is 17.7 Å². The quantitative estimate of drug-likeness (QED) is 0.803. The Hall–Kier alpha value is -0.540. The Morgan fingerprint density at radius 2 is 2.38 bits per heavy atom. The van der Waals surface area contributed by atoms with Crippen molar-refractivity contribution in [3.63, 3.8) is 0 Å². The molecule has 4 heteroatoms. The molecule has 0 atom stereocenters. The van der Waals surface area contributed by atoms with E-state index in [1.54, 1.807) is 29.8 Å². The van der Waals surface area contributed by atoms with Crippen LogP contribution in [0.5, 0.6) is 0 Å². The Bertz CT molecular complexity index is 384. The summed E-state index contributed by atoms with van der Waals surface area (Å²) in [5.74, 6) is 0. The SMILES string of the molecule is Cc1cc(Br)cn(C/C=C/Cl)c1=O. The third-order valence-electron chi connectivity index (χ3n) is 1.62. The molecule has 0 radical (unpaired) electrons. The molecule has 0 amide bonds. The summed E-state index contributed by atoms with van der Waals surface area (Å²) in [5.41, 5.74) is 2.14. The summed E-state index contributed by atoms with van der Waals surface area (Å²) in [6, 6.07) is 1.79. The van der Waals surface area contributed by atoms with Gasteiger partial charge >= 0.3 is 0 Å². The summed E-state index contributed by atoms with van der Waals surface area (Å²) < 4.78 is 2.49. The molecule has 1 aromatic heterocycles. The zero-order valence-electron chi connectivity index (χ0n) is 7.13. The third-order valence-corrected chi connectivity index (χ3v) is 2.23. The van der Waals surface area contributed by atoms with E-state index in [0.29, 0.717) is 6.54 Å². The molecule has 0 spiro atoms. The largest absolute Gasteiger partial charge is 0.310 e. The number of hydrogen-bond donors (Lipinski definition) is 0. The molecule has 0 unspecified atom stereocenters. The molecule has 2 nitrogen and oxygen atoms in total. The van der Waals surface area contributed by atoms with Crippen LogP contribution < -0.4 is 5.56 Å². The Morgan fingerprint density at radius 1 is 1.69 bits per heavy atom. The summed E-state index contributed by atoms with van der Waals surface area (Å²) in [5, 5.41) is 0. The van der Waals surface area contributed by atoms with Gasteiger partial charge in [0.2, 0.25) is 0 Å². The lowest BCUT2D eigenvalue weighted by atomic mass is 10.3. The van der Waals surface area contributed by atoms with Crippen molar-refractivity contribution in [2.24, 2.45) is 0 Å². The van der Waals surface area contributed by atoms with Crippen LogP contribution in [0.4, 0.5) is 0 Å². The highest BCUT2D eigenvalue weighted by molar-refractivity contribution is 9.10. The number of nitrogens with zero attached hydrogens (tertiary/aromatic N) is 1. The second-order valence-electron chi connectivity index (χ2n) is 2.66. The number of hydrogen-bond acceptors (Lipinski definition) is 1. The zero-order valence-corrected chi connectivity index (χ0v) is 9.47. The van der Waals surface area contributed by atoms with Crippen molar-refractivity contribution in [1.82, 2.24) is 4.57 Å². The van der Waals surface area contributed by atoms with Crippen LogP contribution in [-0.4, -0.2) is 4.57 Å². The molecule has 0 aliphatic carbocycles. The van der Waals surface area contributed by atoms with Crippen molar-refractivity contribution in [2.45, 2.75) is 13.5 Å². The third kappa shape index (κ3) is 2.71. The first kappa shape index (κ1) is 10.5. The van der Waals surface area contributed by atoms with Crippen LogP contribution in [0.2, 0.25) is 0 Å². The van der Waals surface area contributed by atoms with Crippen LogP contribution in [0.1, 0.15) is 5.56 Å². The highest BCUT2D eigenvalue weighted by Crippen LogP contribution is 2.07. The summed E-state index contributed by atoms with van der Waals surface area (Å²) >= 11 is 8.70. The van der Waals surface area contributed by atoms with Crippen LogP contribution in [0.25, 0.3) is 0 Å². The topological polar surface area (TPSA) is 22.0 Å². The van der Waals surface area contributed by atoms with Gasteiger partial charge in [0, 0.05) is 28.3 Å². The van der Waals surface area contributed by atoms with E-state index in [1.165, 1.54) is 5.54 Å². The summed E-state index contributed by atoms with van der Waals surface area (Å²) in [6.45, 7) is 2.29. The van der Waals surface area contributed by atoms with Gasteiger partial charge in [-0.3, -0.25) is 4.79 Å². The molecule has 0 aliphatic heterocycles. The highest BCUT2D eigenvalue weighted by atomic mass is 79.9. The van der Waals surface area contributed by atoms with Gasteiger partial charge in [-0.25, -0.2) is 0 Å². The fourth-order valence-corrected chi connectivity index (χ4v) is 1.70. The van der Waals surface area contributed by atoms with Crippen LogP contribution in [0.3, 0.4) is 0 Å². The van der Waals surface area contributed by atoms with Crippen molar-refractivity contribution < 1.29 is 0 Å². The van der Waals surface area contributed by atoms with E-state index in [9.17, 15) is 4.79 Å². The van der Waals surface area contributed by atoms with Crippen molar-refractivity contribution in [2.75, 3.05) is 0 Å². The maximum Gasteiger partial charge on any atom is 0.253 e. The number of aromatic nitrogens is 1. The zero-order chi connectivity index (χ0) is 9.84. The smallest absolute Gasteiger partial charge is 0.253 e. The Morgan fingerprint density at radius 3 is 3.00 bits per heavy atom. The molecule has 0 bridgehead atoms. The van der Waals surface area contributed by atoms with E-state index in [2.05, 4.69) is 15.9 Å². The molecule has 0 fully saturated rings. The monoisotopic (exact) mass is 261 g/mol. The molecule has 70 valence electrons. The Balaban J connectivity index is 3.13. The standard InChI is InChI=1S/C9H9BrClNO/c1-7-5-8(10)6-12(9(7)13)4-2-3-11/h2-3,5-6H,4H2,1H3/b3-2+. The second kappa shape index (κ2) is 4.63. The van der Waals surface area contributed by atoms with Gasteiger partial charge in [-0.05, 0) is 28.9 Å². The maximum absolute atomic E-state index is 11.5. The van der Waals surface area contributed by atoms with Gasteiger partial charge in [0.25, 0.3) is 5.56 Å². The summed E-state index contributed by atoms with van der Waals surface area (Å²) in [6.07, 6.45) is 3.46. The fraction of sp³-hybridized carbons (Fsp3) is 0.222. The molecule has 1 heterocycles. The normalized spacial score (nSPS) is 11.0. The average molecular weight is 263 g/mol. The van der Waals surface area contributed by atoms with Crippen LogP contribution in [0.15, 0.2) is 33.1 Å². The molecule has 0 saturated carbocycles. The highest BCUT2D eigenvalue weighted by Gasteiger charge is 1.99. The molecule has 0 saturated heterocycles. The lowest BCUT2D eigenvalue weighted by Crippen LogP contribution is -2.20. The van der Waals surface area contributed by atoms with E-state index < -0.39 is 0 Å². The molecule has 1 rings (SSSR count). The van der Waals surface area contributed by atoms with Crippen molar-refractivity contribution in [3.05, 3.63) is 44.3 Å². The lowest BCUT2D eigenvalue weighted by molar-refractivity contribution is 0.768. The van der Waals surface area contributed by atoms with Crippen molar-refractivity contribution in [1.29, 1.82) is 0 Å². The molecule has 13 heavy (non-hydrogen) atoms. The minimum atomic E-state index is 0.0120. The van der Waals surface area contributed by atoms with E-state index in [-0.39, 0.29) is 5.56 Å². The fourth-order valence-electron chi connectivity index (χ4n) is 1.03. The number of rotatable bonds is 2. The molecule has 0 aliphatic rings. The van der Waals surface area contributed by atoms with Gasteiger partial charge in [0.05, 0.1) is 0 Å². The molecule has 0 aromatic carbocycles. The number of pyridine rings is 1. The number of halogens is 2. The average Bonchev–Trinajstić information content (AvgIpc) is 2.09. The van der Waals surface area contributed by atoms with Crippen molar-refractivity contribution in [3.8, 4) is 0 Å². The summed E-state index contributed by atoms with van der Waals surface area (Å²) in [7, 11) is 0. The Labute approximate surface area is 90.0 Å². The number of allylic oxidation sites excluding steroid dienone is 1. The minimum Gasteiger partial charge on any atom is -0.310 e. The van der Waals surface area contributed by atoms with E-state index in [4.69, 9.17) is 11.6 Å². The minimum absolute atomic E-state index is 0.0120. The van der Waals surface area contributed by atoms with E-state index in [0.717, 1.165) is 10.0 Å². The van der Waals surface area contributed by atoms with Crippen LogP contribution in [0, 0.1) is 6.92 Å². The van der Waals surface area contributed by atoms with E-state index in [1.807, 2.05) is 0 Å². The maximum atomic E-state index is 11.5. The molecular weight excluding hydrogens is 253 g/mol. The second-order valence-corrected chi connectivity index (χ2v) is 3.83. The number of aryl methyl sites for hydroxylation is 1. The predicted molar refractivity (Wildman–Crippen MR) is 58.1 cm³/mol. The first-order valence-electron chi connectivity index (χ1n) is 3.77. The van der Waals surface area contributed by atoms with Gasteiger partial charge in [0.15, 0.2) is 0 Å². The van der Waals surface area contributed by atoms with Gasteiger partial charge < -0.3 is 4.57 Å². The lowest BCUT2D eigenvalue weighted by Gasteiger charge is -2.03. The first-order chi connectivity index (χ1) is 6.15. The van der Waals surface area contributed by atoms with Crippen molar-refractivity contribution >= 4 is 27.5 Å². The molecule has 0 N–H and O–H groups in total. The Kier molecular flexibility index (Phi) is 3.75. The molecule has 1 aromatic rings. The summed E-state index contributed by atoms with van der Waals surface area (Å²) in [4.78, 5) is 11.5. The molecular formula is C9H9BrClNO. The van der Waals surface area contributed by atoms with Gasteiger partial charge in [-0.2, -0.15) is 0 Å². The van der Waals surface area contributed by atoms with Gasteiger partial charge in [0.1, 0.15) is 0 Å². The van der Waals surface area contributed by atoms with E-state index >= 15 is 0 Å². The van der Waals surface area contributed by atoms with Gasteiger partial charge in [-0.15, -0.1) is 0 Å².